The van der Waals surface area contributed by atoms with E-state index in [1.165, 1.54) is 43.5 Å². The maximum atomic E-state index is 13.5. The first-order valence-corrected chi connectivity index (χ1v) is 17.9. The van der Waals surface area contributed by atoms with Crippen LogP contribution in [-0.4, -0.2) is 80.8 Å². The number of amides is 2. The number of sulfonamides is 1. The zero-order valence-electron chi connectivity index (χ0n) is 26.9. The van der Waals surface area contributed by atoms with Gasteiger partial charge >= 0.3 is 0 Å². The van der Waals surface area contributed by atoms with Crippen LogP contribution in [0, 0.1) is 5.92 Å². The summed E-state index contributed by atoms with van der Waals surface area (Å²) in [6, 6.07) is 7.96. The van der Waals surface area contributed by atoms with Crippen LogP contribution in [0.1, 0.15) is 74.7 Å². The molecule has 1 aromatic heterocycles. The Hall–Kier alpha value is -3.61. The molecule has 2 fully saturated rings. The molecule has 3 heterocycles. The summed E-state index contributed by atoms with van der Waals surface area (Å²) in [7, 11) is -3.81. The third-order valence-corrected chi connectivity index (χ3v) is 10.3. The van der Waals surface area contributed by atoms with Crippen LogP contribution in [0.15, 0.2) is 59.1 Å². The Kier molecular flexibility index (Phi) is 11.2. The zero-order valence-corrected chi connectivity index (χ0v) is 27.7. The minimum absolute atomic E-state index is 0.0134. The second kappa shape index (κ2) is 15.3. The molecule has 0 unspecified atom stereocenters. The van der Waals surface area contributed by atoms with Crippen LogP contribution in [0.3, 0.4) is 0 Å². The van der Waals surface area contributed by atoms with Crippen molar-refractivity contribution in [2.24, 2.45) is 10.9 Å². The maximum absolute atomic E-state index is 13.5. The van der Waals surface area contributed by atoms with Crippen LogP contribution in [0.4, 0.5) is 5.69 Å². The fraction of sp³-hybridized carbons (Fsp3) is 0.529. The molecule has 1 aromatic carbocycles. The number of aromatic nitrogens is 1. The predicted octanol–water partition coefficient (Wildman–Crippen LogP) is 4.10. The molecule has 11 nitrogen and oxygen atoms in total. The standard InChI is InChI=1S/C34H46N6O5S/c1-4-15-36-46(43,44)29-10-8-9-26(20-29)34(42)38-31-21-27-23-35-32(45-19-18-39-16-6-5-7-17-39)22-30(27)40(31)28-13-11-25(12-14-28)33(41)37-24(2)3/h4,8-10,20,22-25,28,36H,1,5-7,11-19,21H2,2-3H3,(H,37,41). The van der Waals surface area contributed by atoms with Crippen LogP contribution in [0.5, 0.6) is 5.88 Å². The number of benzene rings is 1. The summed E-state index contributed by atoms with van der Waals surface area (Å²) in [5, 5.41) is 3.04. The highest BCUT2D eigenvalue weighted by atomic mass is 32.2. The van der Waals surface area contributed by atoms with E-state index in [4.69, 9.17) is 4.74 Å². The van der Waals surface area contributed by atoms with E-state index >= 15 is 0 Å². The fourth-order valence-electron chi connectivity index (χ4n) is 6.48. The van der Waals surface area contributed by atoms with E-state index in [9.17, 15) is 18.0 Å². The molecule has 2 aliphatic heterocycles. The minimum Gasteiger partial charge on any atom is -0.476 e. The minimum atomic E-state index is -3.81. The lowest BCUT2D eigenvalue weighted by Crippen LogP contribution is -2.44. The molecule has 1 saturated carbocycles. The van der Waals surface area contributed by atoms with E-state index in [1.807, 2.05) is 19.9 Å². The number of aliphatic imine (C=N–C) groups is 1. The lowest BCUT2D eigenvalue weighted by Gasteiger charge is -2.36. The number of rotatable bonds is 12. The normalized spacial score (nSPS) is 21.3. The van der Waals surface area contributed by atoms with Gasteiger partial charge in [0.2, 0.25) is 21.8 Å². The topological polar surface area (TPSA) is 133 Å². The molecule has 0 atom stereocenters. The van der Waals surface area contributed by atoms with Crippen LogP contribution in [0.25, 0.3) is 0 Å². The van der Waals surface area contributed by atoms with E-state index in [-0.39, 0.29) is 40.9 Å². The average molecular weight is 651 g/mol. The number of anilines is 1. The summed E-state index contributed by atoms with van der Waals surface area (Å²) >= 11 is 0. The van der Waals surface area contributed by atoms with Gasteiger partial charge in [0, 0.05) is 60.9 Å². The highest BCUT2D eigenvalue weighted by molar-refractivity contribution is 7.89. The van der Waals surface area contributed by atoms with E-state index in [2.05, 4.69) is 36.4 Å². The third-order valence-electron chi connectivity index (χ3n) is 8.83. The van der Waals surface area contributed by atoms with Gasteiger partial charge < -0.3 is 15.0 Å². The van der Waals surface area contributed by atoms with Crippen molar-refractivity contribution in [3.63, 3.8) is 0 Å². The second-order valence-corrected chi connectivity index (χ2v) is 14.4. The number of piperidine rings is 1. The van der Waals surface area contributed by atoms with Crippen molar-refractivity contribution in [3.05, 3.63) is 60.3 Å². The van der Waals surface area contributed by atoms with Gasteiger partial charge in [0.15, 0.2) is 0 Å². The molecular weight excluding hydrogens is 604 g/mol. The van der Waals surface area contributed by atoms with Crippen molar-refractivity contribution >= 4 is 33.4 Å². The first-order valence-electron chi connectivity index (χ1n) is 16.4. The van der Waals surface area contributed by atoms with E-state index in [0.29, 0.717) is 24.7 Å². The lowest BCUT2D eigenvalue weighted by molar-refractivity contribution is -0.126. The van der Waals surface area contributed by atoms with Crippen molar-refractivity contribution in [1.29, 1.82) is 0 Å². The lowest BCUT2D eigenvalue weighted by atomic mass is 9.84. The molecule has 0 spiro atoms. The Morgan fingerprint density at radius 1 is 1.13 bits per heavy atom. The molecule has 1 saturated heterocycles. The number of hydrogen-bond donors (Lipinski definition) is 2. The number of carbonyl (C=O) groups excluding carboxylic acids is 2. The quantitative estimate of drug-likeness (QED) is 0.328. The Bertz CT molecular complexity index is 1540. The van der Waals surface area contributed by atoms with Gasteiger partial charge in [0.25, 0.3) is 5.91 Å². The molecule has 3 aliphatic rings. The SMILES string of the molecule is C=CCNS(=O)(=O)c1cccc(C(=O)N=C2Cc3cnc(OCCN4CCCCC4)cc3N2C2CCC(C(=O)NC(C)C)CC2)c1. The van der Waals surface area contributed by atoms with Crippen molar-refractivity contribution < 1.29 is 22.7 Å². The fourth-order valence-corrected chi connectivity index (χ4v) is 7.52. The van der Waals surface area contributed by atoms with Crippen molar-refractivity contribution in [2.45, 2.75) is 82.2 Å². The molecule has 0 bridgehead atoms. The van der Waals surface area contributed by atoms with E-state index in [1.54, 1.807) is 12.3 Å². The van der Waals surface area contributed by atoms with E-state index in [0.717, 1.165) is 56.6 Å². The number of pyridine rings is 1. The molecule has 2 amide bonds. The first kappa shape index (κ1) is 33.7. The summed E-state index contributed by atoms with van der Waals surface area (Å²) in [6.45, 7) is 11.2. The molecule has 1 aliphatic carbocycles. The maximum Gasteiger partial charge on any atom is 0.278 e. The number of ether oxygens (including phenoxy) is 1. The molecule has 0 radical (unpaired) electrons. The molecule has 12 heteroatoms. The number of nitrogens with zero attached hydrogens (tertiary/aromatic N) is 4. The molecular formula is C34H46N6O5S. The third kappa shape index (κ3) is 8.40. The smallest absolute Gasteiger partial charge is 0.278 e. The average Bonchev–Trinajstić information content (AvgIpc) is 3.41. The van der Waals surface area contributed by atoms with Gasteiger partial charge in [0.1, 0.15) is 12.4 Å². The molecule has 248 valence electrons. The van der Waals surface area contributed by atoms with Crippen LogP contribution in [-0.2, 0) is 21.2 Å². The number of hydrogen-bond acceptors (Lipinski definition) is 7. The zero-order chi connectivity index (χ0) is 32.7. The second-order valence-electron chi connectivity index (χ2n) is 12.6. The van der Waals surface area contributed by atoms with Crippen molar-refractivity contribution in [1.82, 2.24) is 19.9 Å². The monoisotopic (exact) mass is 650 g/mol. The Labute approximate surface area is 272 Å². The summed E-state index contributed by atoms with van der Waals surface area (Å²) < 4.78 is 33.9. The Balaban J connectivity index is 1.37. The van der Waals surface area contributed by atoms with Crippen molar-refractivity contribution in [3.8, 4) is 5.88 Å². The Morgan fingerprint density at radius 2 is 1.89 bits per heavy atom. The number of fused-ring (bicyclic) bond motifs is 1. The van der Waals surface area contributed by atoms with Crippen LogP contribution >= 0.6 is 0 Å². The number of amidine groups is 1. The summed E-state index contributed by atoms with van der Waals surface area (Å²) in [4.78, 5) is 39.9. The van der Waals surface area contributed by atoms with Crippen molar-refractivity contribution in [2.75, 3.05) is 37.7 Å². The number of likely N-dealkylation sites (tertiary alicyclic amines) is 1. The molecule has 5 rings (SSSR count). The number of carbonyl (C=O) groups is 2. The molecule has 2 aromatic rings. The van der Waals surface area contributed by atoms with Gasteiger partial charge in [-0.05, 0) is 83.7 Å². The highest BCUT2D eigenvalue weighted by Gasteiger charge is 2.37. The van der Waals surface area contributed by atoms with Gasteiger partial charge in [-0.1, -0.05) is 18.6 Å². The summed E-state index contributed by atoms with van der Waals surface area (Å²) in [5.74, 6) is 0.631. The van der Waals surface area contributed by atoms with Crippen LogP contribution in [0.2, 0.25) is 0 Å². The van der Waals surface area contributed by atoms with E-state index < -0.39 is 15.9 Å². The van der Waals surface area contributed by atoms with Gasteiger partial charge in [-0.3, -0.25) is 14.5 Å². The largest absolute Gasteiger partial charge is 0.476 e. The van der Waals surface area contributed by atoms with Gasteiger partial charge in [-0.15, -0.1) is 6.58 Å². The molecule has 46 heavy (non-hydrogen) atoms. The Morgan fingerprint density at radius 3 is 2.61 bits per heavy atom. The molecule has 2 N–H and O–H groups in total. The number of nitrogens with one attached hydrogen (secondary N) is 2. The first-order chi connectivity index (χ1) is 22.1. The predicted molar refractivity (Wildman–Crippen MR) is 179 cm³/mol. The summed E-state index contributed by atoms with van der Waals surface area (Å²) in [5.41, 5.74) is 2.04. The van der Waals surface area contributed by atoms with Crippen LogP contribution < -0.4 is 19.7 Å². The summed E-state index contributed by atoms with van der Waals surface area (Å²) in [6.07, 6.45) is 10.4. The van der Waals surface area contributed by atoms with Gasteiger partial charge in [0.05, 0.1) is 10.6 Å². The van der Waals surface area contributed by atoms with Gasteiger partial charge in [-0.2, -0.15) is 4.99 Å². The highest BCUT2D eigenvalue weighted by Crippen LogP contribution is 2.38. The van der Waals surface area contributed by atoms with Gasteiger partial charge in [-0.25, -0.2) is 18.1 Å².